The number of nitrogens with zero attached hydrogens (tertiary/aromatic N) is 1. The molecular weight excluding hydrogens is 134 g/mol. The highest BCUT2D eigenvalue weighted by Gasteiger charge is 2.22. The molecule has 0 radical (unpaired) electrons. The van der Waals surface area contributed by atoms with Gasteiger partial charge in [0.05, 0.1) is 11.6 Å². The highest BCUT2D eigenvalue weighted by atomic mass is 32.2. The van der Waals surface area contributed by atoms with Gasteiger partial charge in [-0.05, 0) is 13.8 Å². The van der Waals surface area contributed by atoms with Crippen LogP contribution in [0.1, 0.15) is 13.8 Å². The van der Waals surface area contributed by atoms with E-state index in [4.69, 9.17) is 0 Å². The van der Waals surface area contributed by atoms with Crippen LogP contribution in [0, 0.1) is 0 Å². The molecule has 52 valence electrons. The van der Waals surface area contributed by atoms with Crippen LogP contribution in [0.3, 0.4) is 0 Å². The van der Waals surface area contributed by atoms with Gasteiger partial charge in [0, 0.05) is 6.04 Å². The Kier molecular flexibility index (Phi) is 2.01. The summed E-state index contributed by atoms with van der Waals surface area (Å²) in [4.78, 5) is 12.8. The molecule has 1 heterocycles. The van der Waals surface area contributed by atoms with Crippen molar-refractivity contribution in [3.05, 3.63) is 0 Å². The summed E-state index contributed by atoms with van der Waals surface area (Å²) in [5.41, 5.74) is 0. The zero-order chi connectivity index (χ0) is 6.85. The largest absolute Gasteiger partial charge is 0.330 e. The molecule has 0 spiro atoms. The zero-order valence-corrected chi connectivity index (χ0v) is 6.57. The van der Waals surface area contributed by atoms with Gasteiger partial charge >= 0.3 is 0 Å². The van der Waals surface area contributed by atoms with Crippen LogP contribution in [0.5, 0.6) is 0 Å². The second-order valence-electron chi connectivity index (χ2n) is 2.43. The van der Waals surface area contributed by atoms with E-state index in [1.807, 2.05) is 18.7 Å². The molecule has 0 aromatic carbocycles. The van der Waals surface area contributed by atoms with Gasteiger partial charge in [0.15, 0.2) is 0 Å². The Hall–Kier alpha value is -0.180. The molecule has 0 N–H and O–H groups in total. The van der Waals surface area contributed by atoms with Crippen LogP contribution in [0.2, 0.25) is 0 Å². The molecule has 0 unspecified atom stereocenters. The molecule has 0 aromatic rings. The van der Waals surface area contributed by atoms with Gasteiger partial charge in [-0.3, -0.25) is 4.79 Å². The Bertz CT molecular complexity index is 124. The molecule has 2 nitrogen and oxygen atoms in total. The lowest BCUT2D eigenvalue weighted by molar-refractivity contribution is -0.127. The highest BCUT2D eigenvalue weighted by Crippen LogP contribution is 2.16. The molecule has 1 aliphatic heterocycles. The summed E-state index contributed by atoms with van der Waals surface area (Å²) in [6, 6.07) is 0.382. The number of amides is 1. The Balaban J connectivity index is 2.49. The third-order valence-corrected chi connectivity index (χ3v) is 2.31. The number of rotatable bonds is 1. The zero-order valence-electron chi connectivity index (χ0n) is 5.76. The van der Waals surface area contributed by atoms with E-state index in [1.54, 1.807) is 11.8 Å². The lowest BCUT2D eigenvalue weighted by Gasteiger charge is -2.18. The average Bonchev–Trinajstić information content (AvgIpc) is 2.13. The minimum Gasteiger partial charge on any atom is -0.330 e. The van der Waals surface area contributed by atoms with Crippen molar-refractivity contribution in [2.24, 2.45) is 0 Å². The third kappa shape index (κ3) is 1.39. The van der Waals surface area contributed by atoms with Crippen molar-refractivity contribution in [3.8, 4) is 0 Å². The summed E-state index contributed by atoms with van der Waals surface area (Å²) < 4.78 is 0. The van der Waals surface area contributed by atoms with E-state index in [1.165, 1.54) is 0 Å². The highest BCUT2D eigenvalue weighted by molar-refractivity contribution is 8.00. The first-order valence-corrected chi connectivity index (χ1v) is 4.24. The van der Waals surface area contributed by atoms with Crippen LogP contribution in [0.15, 0.2) is 0 Å². The Morgan fingerprint density at radius 3 is 2.56 bits per heavy atom. The minimum atomic E-state index is 0.287. The van der Waals surface area contributed by atoms with Crippen molar-refractivity contribution < 1.29 is 4.79 Å². The van der Waals surface area contributed by atoms with Gasteiger partial charge < -0.3 is 4.90 Å². The summed E-state index contributed by atoms with van der Waals surface area (Å²) in [6.07, 6.45) is 0. The van der Waals surface area contributed by atoms with Gasteiger partial charge in [0.25, 0.3) is 0 Å². The lowest BCUT2D eigenvalue weighted by atomic mass is 10.3. The second kappa shape index (κ2) is 2.60. The first-order chi connectivity index (χ1) is 4.22. The quantitative estimate of drug-likeness (QED) is 0.547. The van der Waals surface area contributed by atoms with Gasteiger partial charge in [0.1, 0.15) is 0 Å². The summed E-state index contributed by atoms with van der Waals surface area (Å²) in [5, 5.41) is 0. The fourth-order valence-corrected chi connectivity index (χ4v) is 1.89. The molecule has 1 rings (SSSR count). The van der Waals surface area contributed by atoms with Crippen molar-refractivity contribution in [2.45, 2.75) is 19.9 Å². The number of hydrogen-bond acceptors (Lipinski definition) is 2. The maximum atomic E-state index is 10.9. The van der Waals surface area contributed by atoms with Crippen molar-refractivity contribution in [1.82, 2.24) is 4.90 Å². The molecule has 1 fully saturated rings. The molecule has 0 aliphatic carbocycles. The fraction of sp³-hybridized carbons (Fsp3) is 0.833. The Morgan fingerprint density at radius 1 is 1.67 bits per heavy atom. The number of carbonyl (C=O) groups is 1. The van der Waals surface area contributed by atoms with Gasteiger partial charge in [-0.25, -0.2) is 0 Å². The SMILES string of the molecule is CC(C)N1CSCC1=O. The van der Waals surface area contributed by atoms with Crippen molar-refractivity contribution >= 4 is 17.7 Å². The summed E-state index contributed by atoms with van der Waals surface area (Å²) >= 11 is 1.69. The number of hydrogen-bond donors (Lipinski definition) is 0. The monoisotopic (exact) mass is 145 g/mol. The average molecular weight is 145 g/mol. The second-order valence-corrected chi connectivity index (χ2v) is 3.39. The van der Waals surface area contributed by atoms with E-state index in [9.17, 15) is 4.79 Å². The number of carbonyl (C=O) groups excluding carboxylic acids is 1. The summed E-state index contributed by atoms with van der Waals surface area (Å²) in [7, 11) is 0. The van der Waals surface area contributed by atoms with Gasteiger partial charge in [0.2, 0.25) is 5.91 Å². The van der Waals surface area contributed by atoms with E-state index in [-0.39, 0.29) is 5.91 Å². The van der Waals surface area contributed by atoms with Gasteiger partial charge in [-0.1, -0.05) is 0 Å². The van der Waals surface area contributed by atoms with Crippen LogP contribution in [0.25, 0.3) is 0 Å². The maximum Gasteiger partial charge on any atom is 0.233 e. The van der Waals surface area contributed by atoms with Crippen LogP contribution in [0.4, 0.5) is 0 Å². The maximum absolute atomic E-state index is 10.9. The molecule has 0 atom stereocenters. The van der Waals surface area contributed by atoms with Crippen LogP contribution >= 0.6 is 11.8 Å². The molecule has 0 bridgehead atoms. The number of thioether (sulfide) groups is 1. The summed E-state index contributed by atoms with van der Waals surface area (Å²) in [6.45, 7) is 4.09. The van der Waals surface area contributed by atoms with E-state index in [0.717, 1.165) is 5.88 Å². The lowest BCUT2D eigenvalue weighted by Crippen LogP contribution is -2.32. The predicted octanol–water partition coefficient (Wildman–Crippen LogP) is 0.928. The summed E-state index contributed by atoms with van der Waals surface area (Å²) in [5.74, 6) is 1.85. The van der Waals surface area contributed by atoms with Crippen molar-refractivity contribution in [1.29, 1.82) is 0 Å². The molecule has 1 aliphatic rings. The standard InChI is InChI=1S/C6H11NOS/c1-5(2)7-4-9-3-6(7)8/h5H,3-4H2,1-2H3. The Labute approximate surface area is 59.6 Å². The smallest absolute Gasteiger partial charge is 0.233 e. The molecule has 0 saturated carbocycles. The normalized spacial score (nSPS) is 19.9. The van der Waals surface area contributed by atoms with E-state index in [2.05, 4.69) is 0 Å². The molecule has 9 heavy (non-hydrogen) atoms. The van der Waals surface area contributed by atoms with Crippen LogP contribution < -0.4 is 0 Å². The van der Waals surface area contributed by atoms with Crippen molar-refractivity contribution in [3.63, 3.8) is 0 Å². The minimum absolute atomic E-state index is 0.287. The topological polar surface area (TPSA) is 20.3 Å². The van der Waals surface area contributed by atoms with E-state index < -0.39 is 0 Å². The van der Waals surface area contributed by atoms with Crippen LogP contribution in [-0.4, -0.2) is 28.5 Å². The first kappa shape index (κ1) is 6.93. The van der Waals surface area contributed by atoms with Gasteiger partial charge in [-0.15, -0.1) is 11.8 Å². The molecule has 1 saturated heterocycles. The van der Waals surface area contributed by atoms with E-state index in [0.29, 0.717) is 11.8 Å². The predicted molar refractivity (Wildman–Crippen MR) is 39.3 cm³/mol. The molecule has 1 amide bonds. The molecule has 0 aromatic heterocycles. The third-order valence-electron chi connectivity index (χ3n) is 1.40. The first-order valence-electron chi connectivity index (χ1n) is 3.09. The Morgan fingerprint density at radius 2 is 2.33 bits per heavy atom. The van der Waals surface area contributed by atoms with Gasteiger partial charge in [-0.2, -0.15) is 0 Å². The molecule has 3 heteroatoms. The molecular formula is C6H11NOS. The van der Waals surface area contributed by atoms with Crippen molar-refractivity contribution in [2.75, 3.05) is 11.6 Å². The fourth-order valence-electron chi connectivity index (χ4n) is 0.823. The van der Waals surface area contributed by atoms with Crippen LogP contribution in [-0.2, 0) is 4.79 Å². The van der Waals surface area contributed by atoms with E-state index >= 15 is 0 Å².